The lowest BCUT2D eigenvalue weighted by Crippen LogP contribution is -2.20. The number of aryl methyl sites for hydroxylation is 1. The Balaban J connectivity index is 2.27. The number of sulfonamides is 2. The van der Waals surface area contributed by atoms with Crippen LogP contribution in [0.4, 0.5) is 5.69 Å². The molecule has 0 radical (unpaired) electrons. The maximum Gasteiger partial charge on any atom is 0.255 e. The fraction of sp³-hybridized carbons (Fsp3) is 0.125. The number of hydrogen-bond donors (Lipinski definition) is 2. The van der Waals surface area contributed by atoms with Gasteiger partial charge in [-0.25, -0.2) is 21.6 Å². The summed E-state index contributed by atoms with van der Waals surface area (Å²) in [5.41, 5.74) is 1.43. The van der Waals surface area contributed by atoms with Gasteiger partial charge in [-0.15, -0.1) is 0 Å². The summed E-state index contributed by atoms with van der Waals surface area (Å²) in [5.74, 6) is 0. The summed E-state index contributed by atoms with van der Waals surface area (Å²) >= 11 is 0. The summed E-state index contributed by atoms with van der Waals surface area (Å²) in [6.07, 6.45) is 1.46. The molecule has 8 heteroatoms. The zero-order valence-electron chi connectivity index (χ0n) is 13.2. The smallest absolute Gasteiger partial charge is 0.255 e. The maximum absolute atomic E-state index is 12.1. The summed E-state index contributed by atoms with van der Waals surface area (Å²) in [7, 11) is -6.13. The third-order valence-electron chi connectivity index (χ3n) is 3.25. The second kappa shape index (κ2) is 7.16. The van der Waals surface area contributed by atoms with Gasteiger partial charge in [0.2, 0.25) is 10.0 Å². The van der Waals surface area contributed by atoms with E-state index < -0.39 is 20.0 Å². The van der Waals surface area contributed by atoms with Gasteiger partial charge < -0.3 is 0 Å². The lowest BCUT2D eigenvalue weighted by atomic mass is 10.2. The van der Waals surface area contributed by atoms with Crippen LogP contribution in [0.1, 0.15) is 11.1 Å². The largest absolute Gasteiger partial charge is 0.280 e. The van der Waals surface area contributed by atoms with Gasteiger partial charge in [-0.1, -0.05) is 36.4 Å². The molecular formula is C16H18N2O4S2. The first-order chi connectivity index (χ1) is 11.2. The maximum atomic E-state index is 12.1. The summed E-state index contributed by atoms with van der Waals surface area (Å²) in [6.45, 7) is 1.64. The lowest BCUT2D eigenvalue weighted by molar-refractivity contribution is 0.587. The Morgan fingerprint density at radius 3 is 2.25 bits per heavy atom. The molecule has 0 unspecified atom stereocenters. The van der Waals surface area contributed by atoms with Gasteiger partial charge in [-0.05, 0) is 43.3 Å². The molecule has 2 N–H and O–H groups in total. The number of hydrogen-bond acceptors (Lipinski definition) is 4. The van der Waals surface area contributed by atoms with E-state index in [1.165, 1.54) is 25.3 Å². The molecule has 2 rings (SSSR count). The molecular weight excluding hydrogens is 348 g/mol. The van der Waals surface area contributed by atoms with Crippen molar-refractivity contribution in [3.05, 3.63) is 65.1 Å². The van der Waals surface area contributed by atoms with Crippen molar-refractivity contribution in [2.24, 2.45) is 0 Å². The SMILES string of the molecule is CNS(=O)(=O)c1cc(NS(=O)(=O)C=Cc2ccccc2)ccc1C. The van der Waals surface area contributed by atoms with Crippen LogP contribution >= 0.6 is 0 Å². The standard InChI is InChI=1S/C16H18N2O4S2/c1-13-8-9-15(12-16(13)24(21,22)17-2)18-23(19,20)11-10-14-6-4-3-5-7-14/h3-12,17-18H,1-2H3. The Hall–Kier alpha value is -2.16. The van der Waals surface area contributed by atoms with E-state index in [0.717, 1.165) is 11.0 Å². The molecule has 2 aromatic rings. The summed E-state index contributed by atoms with van der Waals surface area (Å²) in [6, 6.07) is 13.3. The average molecular weight is 366 g/mol. The monoisotopic (exact) mass is 366 g/mol. The zero-order chi connectivity index (χ0) is 17.8. The first-order valence-electron chi connectivity index (χ1n) is 7.04. The van der Waals surface area contributed by atoms with Crippen molar-refractivity contribution in [1.82, 2.24) is 4.72 Å². The molecule has 0 spiro atoms. The molecule has 0 saturated heterocycles. The van der Waals surface area contributed by atoms with Crippen LogP contribution in [0, 0.1) is 6.92 Å². The van der Waals surface area contributed by atoms with Crippen LogP contribution in [-0.2, 0) is 20.0 Å². The fourth-order valence-corrected chi connectivity index (χ4v) is 3.85. The van der Waals surface area contributed by atoms with Gasteiger partial charge >= 0.3 is 0 Å². The van der Waals surface area contributed by atoms with Crippen molar-refractivity contribution in [2.75, 3.05) is 11.8 Å². The van der Waals surface area contributed by atoms with Crippen LogP contribution in [-0.4, -0.2) is 23.9 Å². The third-order valence-corrected chi connectivity index (χ3v) is 5.82. The van der Waals surface area contributed by atoms with Crippen LogP contribution < -0.4 is 9.44 Å². The molecule has 0 amide bonds. The Bertz CT molecular complexity index is 951. The summed E-state index contributed by atoms with van der Waals surface area (Å²) < 4.78 is 52.7. The number of rotatable bonds is 6. The highest BCUT2D eigenvalue weighted by molar-refractivity contribution is 7.95. The van der Waals surface area contributed by atoms with Crippen molar-refractivity contribution in [1.29, 1.82) is 0 Å². The fourth-order valence-electron chi connectivity index (χ4n) is 1.99. The average Bonchev–Trinajstić information content (AvgIpc) is 2.55. The van der Waals surface area contributed by atoms with Crippen molar-refractivity contribution in [2.45, 2.75) is 11.8 Å². The van der Waals surface area contributed by atoms with E-state index in [-0.39, 0.29) is 10.6 Å². The molecule has 128 valence electrons. The second-order valence-electron chi connectivity index (χ2n) is 5.05. The third kappa shape index (κ3) is 4.67. The van der Waals surface area contributed by atoms with Gasteiger partial charge in [-0.2, -0.15) is 0 Å². The summed E-state index contributed by atoms with van der Waals surface area (Å²) in [5, 5.41) is 1.04. The van der Waals surface area contributed by atoms with E-state index in [4.69, 9.17) is 0 Å². The number of benzene rings is 2. The van der Waals surface area contributed by atoms with Crippen molar-refractivity contribution in [3.8, 4) is 0 Å². The number of nitrogens with one attached hydrogen (secondary N) is 2. The highest BCUT2D eigenvalue weighted by Gasteiger charge is 2.16. The van der Waals surface area contributed by atoms with Crippen molar-refractivity contribution in [3.63, 3.8) is 0 Å². The van der Waals surface area contributed by atoms with E-state index in [2.05, 4.69) is 9.44 Å². The predicted molar refractivity (Wildman–Crippen MR) is 95.4 cm³/mol. The van der Waals surface area contributed by atoms with E-state index >= 15 is 0 Å². The van der Waals surface area contributed by atoms with Crippen LogP contribution in [0.2, 0.25) is 0 Å². The predicted octanol–water partition coefficient (Wildman–Crippen LogP) is 2.32. The minimum atomic E-state index is -3.76. The highest BCUT2D eigenvalue weighted by atomic mass is 32.2. The Morgan fingerprint density at radius 2 is 1.62 bits per heavy atom. The van der Waals surface area contributed by atoms with Crippen LogP contribution in [0.25, 0.3) is 6.08 Å². The molecule has 0 atom stereocenters. The van der Waals surface area contributed by atoms with E-state index in [9.17, 15) is 16.8 Å². The van der Waals surface area contributed by atoms with Gasteiger partial charge in [0.25, 0.3) is 10.0 Å². The minimum absolute atomic E-state index is 0.0252. The Labute approximate surface area is 142 Å². The molecule has 0 aliphatic rings. The van der Waals surface area contributed by atoms with E-state index in [0.29, 0.717) is 5.56 Å². The van der Waals surface area contributed by atoms with Crippen molar-refractivity contribution >= 4 is 31.8 Å². The molecule has 0 aromatic heterocycles. The highest BCUT2D eigenvalue weighted by Crippen LogP contribution is 2.21. The van der Waals surface area contributed by atoms with Crippen LogP contribution in [0.5, 0.6) is 0 Å². The molecule has 0 aliphatic carbocycles. The summed E-state index contributed by atoms with van der Waals surface area (Å²) in [4.78, 5) is 0.0252. The zero-order valence-corrected chi connectivity index (χ0v) is 14.9. The first kappa shape index (κ1) is 18.2. The van der Waals surface area contributed by atoms with Crippen molar-refractivity contribution < 1.29 is 16.8 Å². The normalized spacial score (nSPS) is 12.4. The van der Waals surface area contributed by atoms with Crippen LogP contribution in [0.3, 0.4) is 0 Å². The second-order valence-corrected chi connectivity index (χ2v) is 8.47. The lowest BCUT2D eigenvalue weighted by Gasteiger charge is -2.10. The molecule has 2 aromatic carbocycles. The molecule has 0 bridgehead atoms. The molecule has 0 fully saturated rings. The molecule has 24 heavy (non-hydrogen) atoms. The van der Waals surface area contributed by atoms with Gasteiger partial charge in [-0.3, -0.25) is 4.72 Å². The topological polar surface area (TPSA) is 92.3 Å². The minimum Gasteiger partial charge on any atom is -0.280 e. The van der Waals surface area contributed by atoms with E-state index in [1.807, 2.05) is 6.07 Å². The molecule has 0 aliphatic heterocycles. The first-order valence-corrected chi connectivity index (χ1v) is 10.1. The van der Waals surface area contributed by atoms with Crippen LogP contribution in [0.15, 0.2) is 58.8 Å². The van der Waals surface area contributed by atoms with Gasteiger partial charge in [0.05, 0.1) is 16.0 Å². The van der Waals surface area contributed by atoms with E-state index in [1.54, 1.807) is 37.3 Å². The quantitative estimate of drug-likeness (QED) is 0.820. The molecule has 6 nitrogen and oxygen atoms in total. The van der Waals surface area contributed by atoms with Gasteiger partial charge in [0.15, 0.2) is 0 Å². The Kier molecular flexibility index (Phi) is 5.43. The Morgan fingerprint density at radius 1 is 0.958 bits per heavy atom. The number of anilines is 1. The molecule has 0 saturated carbocycles. The molecule has 0 heterocycles. The van der Waals surface area contributed by atoms with Gasteiger partial charge in [0.1, 0.15) is 0 Å². The van der Waals surface area contributed by atoms with Gasteiger partial charge in [0, 0.05) is 0 Å².